The lowest BCUT2D eigenvalue weighted by molar-refractivity contribution is -0.0967. The summed E-state index contributed by atoms with van der Waals surface area (Å²) in [6.45, 7) is 2.19. The molecule has 3 saturated carbocycles. The van der Waals surface area contributed by atoms with E-state index >= 15 is 8.78 Å². The Hall–Kier alpha value is -1.06. The summed E-state index contributed by atoms with van der Waals surface area (Å²) in [5.41, 5.74) is 0.919. The molecule has 1 aromatic rings. The van der Waals surface area contributed by atoms with Crippen LogP contribution in [0.3, 0.4) is 0 Å². The van der Waals surface area contributed by atoms with Crippen LogP contribution in [0.1, 0.15) is 115 Å². The minimum absolute atomic E-state index is 0.103. The fourth-order valence-corrected chi connectivity index (χ4v) is 7.39. The van der Waals surface area contributed by atoms with Gasteiger partial charge < -0.3 is 0 Å². The highest BCUT2D eigenvalue weighted by molar-refractivity contribution is 5.22. The Kier molecular flexibility index (Phi) is 8.44. The Morgan fingerprint density at radius 3 is 1.88 bits per heavy atom. The maximum Gasteiger partial charge on any atom is 0.251 e. The molecule has 0 spiro atoms. The number of alkyl halides is 2. The van der Waals surface area contributed by atoms with Gasteiger partial charge >= 0.3 is 0 Å². The molecule has 0 amide bonds. The van der Waals surface area contributed by atoms with Gasteiger partial charge in [-0.15, -0.1) is 0 Å². The molecule has 0 unspecified atom stereocenters. The van der Waals surface area contributed by atoms with Crippen LogP contribution in [0.2, 0.25) is 0 Å². The highest BCUT2D eigenvalue weighted by atomic mass is 19.3. The van der Waals surface area contributed by atoms with Crippen LogP contribution in [0.4, 0.5) is 17.6 Å². The van der Waals surface area contributed by atoms with Crippen molar-refractivity contribution in [3.63, 3.8) is 0 Å². The molecule has 33 heavy (non-hydrogen) atoms. The van der Waals surface area contributed by atoms with Crippen molar-refractivity contribution in [1.29, 1.82) is 0 Å². The number of hydrogen-bond acceptors (Lipinski definition) is 0. The molecule has 0 bridgehead atoms. The summed E-state index contributed by atoms with van der Waals surface area (Å²) in [4.78, 5) is 0. The van der Waals surface area contributed by atoms with E-state index in [4.69, 9.17) is 0 Å². The van der Waals surface area contributed by atoms with E-state index in [0.717, 1.165) is 69.8 Å². The summed E-state index contributed by atoms with van der Waals surface area (Å²) in [6.07, 6.45) is 14.3. The summed E-state index contributed by atoms with van der Waals surface area (Å²) >= 11 is 0. The molecule has 0 radical (unpaired) electrons. The molecule has 3 aliphatic carbocycles. The summed E-state index contributed by atoms with van der Waals surface area (Å²) in [6, 6.07) is 4.33. The number of rotatable bonds is 7. The molecule has 3 aliphatic rings. The molecule has 0 N–H and O–H groups in total. The number of benzene rings is 1. The van der Waals surface area contributed by atoms with Crippen molar-refractivity contribution in [2.24, 2.45) is 29.6 Å². The van der Waals surface area contributed by atoms with Crippen LogP contribution in [-0.4, -0.2) is 5.92 Å². The maximum absolute atomic E-state index is 15.1. The predicted molar refractivity (Wildman–Crippen MR) is 126 cm³/mol. The van der Waals surface area contributed by atoms with Crippen molar-refractivity contribution in [2.75, 3.05) is 0 Å². The van der Waals surface area contributed by atoms with Crippen molar-refractivity contribution < 1.29 is 17.6 Å². The van der Waals surface area contributed by atoms with Crippen LogP contribution in [0.15, 0.2) is 18.2 Å². The lowest BCUT2D eigenvalue weighted by Gasteiger charge is -2.40. The number of hydrogen-bond donors (Lipinski definition) is 0. The van der Waals surface area contributed by atoms with E-state index in [9.17, 15) is 8.78 Å². The third kappa shape index (κ3) is 6.34. The zero-order valence-corrected chi connectivity index (χ0v) is 20.3. The van der Waals surface area contributed by atoms with Gasteiger partial charge in [-0.3, -0.25) is 0 Å². The average Bonchev–Trinajstić information content (AvgIpc) is 2.82. The molecule has 0 nitrogen and oxygen atoms in total. The fraction of sp³-hybridized carbons (Fsp3) is 0.793. The van der Waals surface area contributed by atoms with Crippen LogP contribution in [0.25, 0.3) is 0 Å². The van der Waals surface area contributed by atoms with E-state index in [1.165, 1.54) is 25.0 Å². The van der Waals surface area contributed by atoms with E-state index in [1.54, 1.807) is 6.07 Å². The van der Waals surface area contributed by atoms with Crippen molar-refractivity contribution >= 4 is 0 Å². The minimum atomic E-state index is -2.49. The first kappa shape index (κ1) is 25.0. The van der Waals surface area contributed by atoms with Gasteiger partial charge in [-0.2, -0.15) is 0 Å². The average molecular weight is 467 g/mol. The van der Waals surface area contributed by atoms with Crippen molar-refractivity contribution in [3.8, 4) is 0 Å². The molecule has 0 aromatic heterocycles. The summed E-state index contributed by atoms with van der Waals surface area (Å²) in [5.74, 6) is -1.91. The highest BCUT2D eigenvalue weighted by Crippen LogP contribution is 2.48. The minimum Gasteiger partial charge on any atom is -0.207 e. The van der Waals surface area contributed by atoms with E-state index in [-0.39, 0.29) is 12.3 Å². The molecule has 186 valence electrons. The largest absolute Gasteiger partial charge is 0.251 e. The Morgan fingerprint density at radius 2 is 1.30 bits per heavy atom. The SMILES string of the molecule is CCCC1CCC(C(F)(F)CC2CCC(C3CCC(c4ccc(F)c(F)c4)CC3)CC2)CC1. The molecule has 0 aliphatic heterocycles. The van der Waals surface area contributed by atoms with Crippen LogP contribution >= 0.6 is 0 Å². The van der Waals surface area contributed by atoms with Gasteiger partial charge in [-0.1, -0.05) is 25.8 Å². The first-order valence-corrected chi connectivity index (χ1v) is 13.7. The fourth-order valence-electron chi connectivity index (χ4n) is 7.39. The Bertz CT molecular complexity index is 736. The maximum atomic E-state index is 15.1. The highest BCUT2D eigenvalue weighted by Gasteiger charge is 2.43. The summed E-state index contributed by atoms with van der Waals surface area (Å²) < 4.78 is 57.0. The monoisotopic (exact) mass is 466 g/mol. The van der Waals surface area contributed by atoms with Gasteiger partial charge in [-0.25, -0.2) is 17.6 Å². The van der Waals surface area contributed by atoms with E-state index in [0.29, 0.717) is 36.5 Å². The molecule has 3 fully saturated rings. The second-order valence-electron chi connectivity index (χ2n) is 11.5. The molecule has 1 aromatic carbocycles. The Morgan fingerprint density at radius 1 is 0.727 bits per heavy atom. The second kappa shape index (κ2) is 11.1. The Balaban J connectivity index is 1.20. The number of halogens is 4. The van der Waals surface area contributed by atoms with E-state index in [2.05, 4.69) is 6.92 Å². The quantitative estimate of drug-likeness (QED) is 0.351. The van der Waals surface area contributed by atoms with Gasteiger partial charge in [0.15, 0.2) is 11.6 Å². The van der Waals surface area contributed by atoms with Crippen molar-refractivity contribution in [2.45, 2.75) is 115 Å². The molecular weight excluding hydrogens is 424 g/mol. The third-order valence-electron chi connectivity index (χ3n) is 9.45. The zero-order chi connectivity index (χ0) is 23.4. The molecule has 0 atom stereocenters. The van der Waals surface area contributed by atoms with Gasteiger partial charge in [0, 0.05) is 12.3 Å². The Labute approximate surface area is 197 Å². The van der Waals surface area contributed by atoms with Crippen molar-refractivity contribution in [1.82, 2.24) is 0 Å². The molecule has 0 heterocycles. The normalized spacial score (nSPS) is 33.7. The topological polar surface area (TPSA) is 0 Å². The van der Waals surface area contributed by atoms with Gasteiger partial charge in [-0.05, 0) is 124 Å². The predicted octanol–water partition coefficient (Wildman–Crippen LogP) is 9.68. The second-order valence-corrected chi connectivity index (χ2v) is 11.5. The molecule has 4 rings (SSSR count). The van der Waals surface area contributed by atoms with Gasteiger partial charge in [0.25, 0.3) is 5.92 Å². The van der Waals surface area contributed by atoms with E-state index < -0.39 is 23.5 Å². The van der Waals surface area contributed by atoms with Crippen LogP contribution in [-0.2, 0) is 0 Å². The lowest BCUT2D eigenvalue weighted by atomic mass is 9.67. The van der Waals surface area contributed by atoms with Gasteiger partial charge in [0.1, 0.15) is 0 Å². The third-order valence-corrected chi connectivity index (χ3v) is 9.45. The zero-order valence-electron chi connectivity index (χ0n) is 20.3. The standard InChI is InChI=1S/C29H42F4/c1-2-3-20-6-15-26(16-7-20)29(32,33)19-21-4-8-22(9-5-21)23-10-12-24(13-11-23)25-14-17-27(30)28(31)18-25/h14,17-18,20-24,26H,2-13,15-16,19H2,1H3. The molecule has 0 saturated heterocycles. The smallest absolute Gasteiger partial charge is 0.207 e. The van der Waals surface area contributed by atoms with Gasteiger partial charge in [0.2, 0.25) is 0 Å². The first-order chi connectivity index (χ1) is 15.9. The van der Waals surface area contributed by atoms with E-state index in [1.807, 2.05) is 0 Å². The van der Waals surface area contributed by atoms with Crippen LogP contribution < -0.4 is 0 Å². The molecular formula is C29H42F4. The molecule has 4 heteroatoms. The lowest BCUT2D eigenvalue weighted by Crippen LogP contribution is -2.35. The van der Waals surface area contributed by atoms with Crippen LogP contribution in [0, 0.1) is 41.2 Å². The van der Waals surface area contributed by atoms with Crippen LogP contribution in [0.5, 0.6) is 0 Å². The van der Waals surface area contributed by atoms with Crippen molar-refractivity contribution in [3.05, 3.63) is 35.4 Å². The first-order valence-electron chi connectivity index (χ1n) is 13.7. The summed E-state index contributed by atoms with van der Waals surface area (Å²) in [5, 5.41) is 0. The summed E-state index contributed by atoms with van der Waals surface area (Å²) in [7, 11) is 0. The van der Waals surface area contributed by atoms with Gasteiger partial charge in [0.05, 0.1) is 0 Å².